The average Bonchev–Trinajstić information content (AvgIpc) is 2.12. The number of nitrogens with zero attached hydrogens (tertiary/aromatic N) is 1. The van der Waals surface area contributed by atoms with Gasteiger partial charge in [0.15, 0.2) is 0 Å². The van der Waals surface area contributed by atoms with Crippen molar-refractivity contribution >= 4 is 18.7 Å². The zero-order valence-corrected chi connectivity index (χ0v) is 8.68. The van der Waals surface area contributed by atoms with Gasteiger partial charge in [-0.25, -0.2) is 0 Å². The Kier molecular flexibility index (Phi) is 3.37. The molecule has 0 aliphatic carbocycles. The normalized spacial score (nSPS) is 11.0. The first kappa shape index (κ1) is 10.1. The number of aromatic hydroxyl groups is 1. The standard InChI is InChI=1S/C10H13NOS/c1-3-4-8-5-11-7(2)10(12)9(8)6-13/h3-5,12-13H,6H2,1-2H3/b4-3-. The Morgan fingerprint density at radius 1 is 1.62 bits per heavy atom. The summed E-state index contributed by atoms with van der Waals surface area (Å²) in [5.74, 6) is 0.778. The maximum absolute atomic E-state index is 9.66. The van der Waals surface area contributed by atoms with Gasteiger partial charge in [0.2, 0.25) is 0 Å². The maximum Gasteiger partial charge on any atom is 0.141 e. The first-order valence-electron chi connectivity index (χ1n) is 4.11. The van der Waals surface area contributed by atoms with Gasteiger partial charge in [0.05, 0.1) is 5.69 Å². The highest BCUT2D eigenvalue weighted by Gasteiger charge is 2.07. The van der Waals surface area contributed by atoms with Crippen molar-refractivity contribution in [2.75, 3.05) is 0 Å². The van der Waals surface area contributed by atoms with Gasteiger partial charge in [-0.05, 0) is 13.8 Å². The monoisotopic (exact) mass is 195 g/mol. The molecule has 0 atom stereocenters. The third-order valence-corrected chi connectivity index (χ3v) is 2.19. The van der Waals surface area contributed by atoms with Gasteiger partial charge in [-0.15, -0.1) is 0 Å². The lowest BCUT2D eigenvalue weighted by molar-refractivity contribution is 0.462. The Balaban J connectivity index is 3.29. The molecule has 0 aliphatic heterocycles. The third kappa shape index (κ3) is 2.04. The molecule has 0 radical (unpaired) electrons. The third-order valence-electron chi connectivity index (χ3n) is 1.88. The molecule has 0 aromatic carbocycles. The summed E-state index contributed by atoms with van der Waals surface area (Å²) in [5, 5.41) is 9.66. The van der Waals surface area contributed by atoms with E-state index in [1.807, 2.05) is 19.1 Å². The lowest BCUT2D eigenvalue weighted by Gasteiger charge is -2.07. The summed E-state index contributed by atoms with van der Waals surface area (Å²) in [4.78, 5) is 4.07. The molecule has 0 bridgehead atoms. The Hall–Kier alpha value is -0.960. The zero-order valence-electron chi connectivity index (χ0n) is 7.78. The minimum atomic E-state index is 0.255. The van der Waals surface area contributed by atoms with Crippen LogP contribution < -0.4 is 0 Å². The predicted octanol–water partition coefficient (Wildman–Crippen LogP) is 2.56. The van der Waals surface area contributed by atoms with Crippen LogP contribution in [-0.4, -0.2) is 10.1 Å². The largest absolute Gasteiger partial charge is 0.506 e. The van der Waals surface area contributed by atoms with E-state index in [-0.39, 0.29) is 5.75 Å². The molecule has 70 valence electrons. The van der Waals surface area contributed by atoms with Crippen LogP contribution in [0, 0.1) is 6.92 Å². The van der Waals surface area contributed by atoms with E-state index in [0.717, 1.165) is 11.1 Å². The SMILES string of the molecule is C/C=C\c1cnc(C)c(O)c1CS. The Morgan fingerprint density at radius 3 is 2.85 bits per heavy atom. The predicted molar refractivity (Wildman–Crippen MR) is 58.0 cm³/mol. The molecule has 1 aromatic heterocycles. The van der Waals surface area contributed by atoms with Crippen molar-refractivity contribution in [3.05, 3.63) is 29.1 Å². The number of aryl methyl sites for hydroxylation is 1. The fraction of sp³-hybridized carbons (Fsp3) is 0.300. The first-order chi connectivity index (χ1) is 6.20. The van der Waals surface area contributed by atoms with Crippen LogP contribution in [0.3, 0.4) is 0 Å². The number of thiol groups is 1. The lowest BCUT2D eigenvalue weighted by Crippen LogP contribution is -1.92. The van der Waals surface area contributed by atoms with E-state index in [4.69, 9.17) is 0 Å². The molecule has 1 N–H and O–H groups in total. The van der Waals surface area contributed by atoms with Crippen molar-refractivity contribution in [3.63, 3.8) is 0 Å². The second kappa shape index (κ2) is 4.33. The fourth-order valence-corrected chi connectivity index (χ4v) is 1.48. The minimum Gasteiger partial charge on any atom is -0.506 e. The van der Waals surface area contributed by atoms with Crippen molar-refractivity contribution in [2.24, 2.45) is 0 Å². The smallest absolute Gasteiger partial charge is 0.141 e. The molecule has 3 heteroatoms. The van der Waals surface area contributed by atoms with Crippen molar-refractivity contribution in [1.82, 2.24) is 4.98 Å². The second-order valence-electron chi connectivity index (χ2n) is 2.78. The summed E-state index contributed by atoms with van der Waals surface area (Å²) in [7, 11) is 0. The van der Waals surface area contributed by atoms with E-state index < -0.39 is 0 Å². The summed E-state index contributed by atoms with van der Waals surface area (Å²) < 4.78 is 0. The van der Waals surface area contributed by atoms with Gasteiger partial charge in [-0.2, -0.15) is 12.6 Å². The number of pyridine rings is 1. The molecule has 2 nitrogen and oxygen atoms in total. The molecule has 0 spiro atoms. The summed E-state index contributed by atoms with van der Waals surface area (Å²) in [6.45, 7) is 3.71. The van der Waals surface area contributed by atoms with Crippen LogP contribution in [0.1, 0.15) is 23.7 Å². The molecule has 13 heavy (non-hydrogen) atoms. The van der Waals surface area contributed by atoms with Crippen LogP contribution in [0.2, 0.25) is 0 Å². The molecule has 0 saturated carbocycles. The van der Waals surface area contributed by atoms with Gasteiger partial charge in [0, 0.05) is 23.1 Å². The van der Waals surface area contributed by atoms with Gasteiger partial charge >= 0.3 is 0 Å². The van der Waals surface area contributed by atoms with Crippen LogP contribution >= 0.6 is 12.6 Å². The van der Waals surface area contributed by atoms with E-state index in [1.165, 1.54) is 0 Å². The quantitative estimate of drug-likeness (QED) is 0.711. The summed E-state index contributed by atoms with van der Waals surface area (Å²) in [6.07, 6.45) is 5.58. The highest BCUT2D eigenvalue weighted by molar-refractivity contribution is 7.79. The van der Waals surface area contributed by atoms with Gasteiger partial charge in [0.25, 0.3) is 0 Å². The highest BCUT2D eigenvalue weighted by Crippen LogP contribution is 2.25. The molecular formula is C10H13NOS. The van der Waals surface area contributed by atoms with Crippen molar-refractivity contribution in [2.45, 2.75) is 19.6 Å². The molecule has 0 amide bonds. The summed E-state index contributed by atoms with van der Waals surface area (Å²) >= 11 is 4.17. The molecule has 0 unspecified atom stereocenters. The molecule has 1 rings (SSSR count). The summed E-state index contributed by atoms with van der Waals surface area (Å²) in [5.41, 5.74) is 2.42. The second-order valence-corrected chi connectivity index (χ2v) is 3.10. The zero-order chi connectivity index (χ0) is 9.84. The molecular weight excluding hydrogens is 182 g/mol. The van der Waals surface area contributed by atoms with Gasteiger partial charge in [-0.1, -0.05) is 12.2 Å². The van der Waals surface area contributed by atoms with Gasteiger partial charge < -0.3 is 5.11 Å². The van der Waals surface area contributed by atoms with Crippen LogP contribution in [0.15, 0.2) is 12.3 Å². The highest BCUT2D eigenvalue weighted by atomic mass is 32.1. The van der Waals surface area contributed by atoms with Crippen LogP contribution in [0.4, 0.5) is 0 Å². The Labute approximate surface area is 83.7 Å². The van der Waals surface area contributed by atoms with Crippen molar-refractivity contribution in [3.8, 4) is 5.75 Å². The van der Waals surface area contributed by atoms with Crippen LogP contribution in [0.5, 0.6) is 5.75 Å². The Bertz CT molecular complexity index is 334. The lowest BCUT2D eigenvalue weighted by atomic mass is 10.1. The molecule has 0 saturated heterocycles. The average molecular weight is 195 g/mol. The van der Waals surface area contributed by atoms with Gasteiger partial charge in [-0.3, -0.25) is 4.98 Å². The van der Waals surface area contributed by atoms with Crippen LogP contribution in [0.25, 0.3) is 6.08 Å². The maximum atomic E-state index is 9.66. The van der Waals surface area contributed by atoms with E-state index in [9.17, 15) is 5.11 Å². The van der Waals surface area contributed by atoms with E-state index in [2.05, 4.69) is 17.6 Å². The first-order valence-corrected chi connectivity index (χ1v) is 4.75. The number of rotatable bonds is 2. The Morgan fingerprint density at radius 2 is 2.31 bits per heavy atom. The number of hydrogen-bond acceptors (Lipinski definition) is 3. The fourth-order valence-electron chi connectivity index (χ4n) is 1.15. The number of hydrogen-bond donors (Lipinski definition) is 2. The van der Waals surface area contributed by atoms with E-state index in [0.29, 0.717) is 11.4 Å². The molecule has 1 heterocycles. The van der Waals surface area contributed by atoms with Gasteiger partial charge in [0.1, 0.15) is 5.75 Å². The molecule has 0 aliphatic rings. The minimum absolute atomic E-state index is 0.255. The van der Waals surface area contributed by atoms with Crippen molar-refractivity contribution < 1.29 is 5.11 Å². The summed E-state index contributed by atoms with van der Waals surface area (Å²) in [6, 6.07) is 0. The topological polar surface area (TPSA) is 33.1 Å². The number of aromatic nitrogens is 1. The van der Waals surface area contributed by atoms with Crippen LogP contribution in [-0.2, 0) is 5.75 Å². The van der Waals surface area contributed by atoms with E-state index in [1.54, 1.807) is 13.1 Å². The van der Waals surface area contributed by atoms with Crippen molar-refractivity contribution in [1.29, 1.82) is 0 Å². The molecule has 0 fully saturated rings. The molecule has 1 aromatic rings. The van der Waals surface area contributed by atoms with E-state index >= 15 is 0 Å². The number of allylic oxidation sites excluding steroid dienone is 1.